The maximum absolute atomic E-state index is 9.59. The predicted octanol–water partition coefficient (Wildman–Crippen LogP) is 2.72. The number of nitriles is 2. The van der Waals surface area contributed by atoms with E-state index in [0.717, 1.165) is 0 Å². The van der Waals surface area contributed by atoms with Gasteiger partial charge in [-0.3, -0.25) is 0 Å². The Labute approximate surface area is 150 Å². The summed E-state index contributed by atoms with van der Waals surface area (Å²) in [6.07, 6.45) is 1.64. The lowest BCUT2D eigenvalue weighted by Gasteiger charge is -2.13. The van der Waals surface area contributed by atoms with Crippen molar-refractivity contribution in [3.05, 3.63) is 48.0 Å². The molecular formula is C18H16N4O2S. The molecule has 3 N–H and O–H groups in total. The highest BCUT2D eigenvalue weighted by atomic mass is 32.2. The lowest BCUT2D eigenvalue weighted by Crippen LogP contribution is -2.04. The van der Waals surface area contributed by atoms with E-state index in [1.165, 1.54) is 11.8 Å². The highest BCUT2D eigenvalue weighted by Crippen LogP contribution is 2.36. The van der Waals surface area contributed by atoms with Crippen LogP contribution in [0.3, 0.4) is 0 Å². The molecule has 1 heterocycles. The summed E-state index contributed by atoms with van der Waals surface area (Å²) in [5.74, 6) is 1.09. The van der Waals surface area contributed by atoms with Gasteiger partial charge in [-0.25, -0.2) is 4.98 Å². The first kappa shape index (κ1) is 18.3. The molecule has 0 atom stereocenters. The van der Waals surface area contributed by atoms with Gasteiger partial charge in [-0.1, -0.05) is 24.8 Å². The topological polar surface area (TPSA) is 116 Å². The van der Waals surface area contributed by atoms with Gasteiger partial charge in [0.15, 0.2) is 0 Å². The third-order valence-corrected chi connectivity index (χ3v) is 4.21. The number of hydrogen-bond donors (Lipinski definition) is 2. The van der Waals surface area contributed by atoms with Crippen LogP contribution in [-0.2, 0) is 0 Å². The molecule has 0 saturated heterocycles. The number of aliphatic hydroxyl groups is 1. The average molecular weight is 352 g/mol. The number of anilines is 1. The Balaban J connectivity index is 2.58. The molecule has 6 nitrogen and oxygen atoms in total. The molecule has 0 radical (unpaired) electrons. The first-order valence-electron chi connectivity index (χ1n) is 7.37. The van der Waals surface area contributed by atoms with Crippen LogP contribution in [0.25, 0.3) is 11.1 Å². The van der Waals surface area contributed by atoms with Crippen LogP contribution >= 0.6 is 11.8 Å². The van der Waals surface area contributed by atoms with Crippen LogP contribution in [0.5, 0.6) is 5.75 Å². The molecule has 126 valence electrons. The Morgan fingerprint density at radius 3 is 2.48 bits per heavy atom. The minimum absolute atomic E-state index is 0.0538. The number of rotatable bonds is 7. The van der Waals surface area contributed by atoms with Crippen molar-refractivity contribution in [1.29, 1.82) is 10.5 Å². The molecule has 1 aromatic carbocycles. The Morgan fingerprint density at radius 2 is 1.92 bits per heavy atom. The van der Waals surface area contributed by atoms with E-state index in [2.05, 4.69) is 17.6 Å². The Morgan fingerprint density at radius 1 is 1.24 bits per heavy atom. The number of pyridine rings is 1. The third kappa shape index (κ3) is 4.10. The molecule has 0 saturated carbocycles. The molecule has 2 aromatic rings. The van der Waals surface area contributed by atoms with Crippen molar-refractivity contribution in [3.63, 3.8) is 0 Å². The summed E-state index contributed by atoms with van der Waals surface area (Å²) in [5.41, 5.74) is 7.43. The molecule has 2 rings (SSSR count). The first-order valence-corrected chi connectivity index (χ1v) is 8.36. The Kier molecular flexibility index (Phi) is 6.41. The zero-order valence-electron chi connectivity index (χ0n) is 13.4. The number of nitrogen functional groups attached to an aromatic ring is 1. The summed E-state index contributed by atoms with van der Waals surface area (Å²) in [4.78, 5) is 4.15. The molecular weight excluding hydrogens is 336 g/mol. The quantitative estimate of drug-likeness (QED) is 0.581. The summed E-state index contributed by atoms with van der Waals surface area (Å²) in [5, 5.41) is 28.5. The van der Waals surface area contributed by atoms with E-state index in [-0.39, 0.29) is 23.6 Å². The number of aromatic nitrogens is 1. The minimum Gasteiger partial charge on any atom is -0.490 e. The van der Waals surface area contributed by atoms with Gasteiger partial charge in [0.25, 0.3) is 0 Å². The van der Waals surface area contributed by atoms with Crippen molar-refractivity contribution in [2.24, 2.45) is 0 Å². The molecule has 0 aliphatic carbocycles. The van der Waals surface area contributed by atoms with Gasteiger partial charge in [0.2, 0.25) is 0 Å². The zero-order chi connectivity index (χ0) is 18.2. The van der Waals surface area contributed by atoms with E-state index in [9.17, 15) is 10.5 Å². The van der Waals surface area contributed by atoms with E-state index in [0.29, 0.717) is 34.3 Å². The van der Waals surface area contributed by atoms with Crippen LogP contribution in [0.2, 0.25) is 0 Å². The van der Waals surface area contributed by atoms with Gasteiger partial charge in [-0.05, 0) is 17.7 Å². The largest absolute Gasteiger partial charge is 0.490 e. The van der Waals surface area contributed by atoms with Crippen LogP contribution in [0, 0.1) is 22.7 Å². The second kappa shape index (κ2) is 8.74. The highest BCUT2D eigenvalue weighted by molar-refractivity contribution is 7.99. The number of aliphatic hydroxyl groups excluding tert-OH is 1. The maximum atomic E-state index is 9.59. The van der Waals surface area contributed by atoms with Gasteiger partial charge in [-0.15, -0.1) is 11.8 Å². The summed E-state index contributed by atoms with van der Waals surface area (Å²) < 4.78 is 5.44. The van der Waals surface area contributed by atoms with E-state index in [1.807, 2.05) is 6.07 Å². The molecule has 0 fully saturated rings. The fourth-order valence-corrected chi connectivity index (χ4v) is 2.95. The van der Waals surface area contributed by atoms with Gasteiger partial charge in [0, 0.05) is 11.3 Å². The van der Waals surface area contributed by atoms with Gasteiger partial charge in [-0.2, -0.15) is 10.5 Å². The molecule has 25 heavy (non-hydrogen) atoms. The fraction of sp³-hybridized carbons (Fsp3) is 0.167. The van der Waals surface area contributed by atoms with Crippen LogP contribution < -0.4 is 10.5 Å². The molecule has 7 heteroatoms. The van der Waals surface area contributed by atoms with Gasteiger partial charge >= 0.3 is 0 Å². The van der Waals surface area contributed by atoms with Crippen molar-refractivity contribution in [2.45, 2.75) is 5.03 Å². The van der Waals surface area contributed by atoms with Crippen molar-refractivity contribution in [1.82, 2.24) is 4.98 Å². The normalized spacial score (nSPS) is 9.88. The Hall–Kier alpha value is -3.00. The second-order valence-electron chi connectivity index (χ2n) is 4.85. The van der Waals surface area contributed by atoms with E-state index in [4.69, 9.17) is 15.6 Å². The van der Waals surface area contributed by atoms with Crippen LogP contribution in [-0.4, -0.2) is 29.1 Å². The van der Waals surface area contributed by atoms with E-state index < -0.39 is 0 Å². The Bertz CT molecular complexity index is 851. The minimum atomic E-state index is -0.0538. The van der Waals surface area contributed by atoms with Crippen LogP contribution in [0.15, 0.2) is 41.9 Å². The molecule has 0 aliphatic heterocycles. The summed E-state index contributed by atoms with van der Waals surface area (Å²) in [7, 11) is 0. The van der Waals surface area contributed by atoms with Gasteiger partial charge in [0.05, 0.1) is 12.2 Å². The van der Waals surface area contributed by atoms with Crippen molar-refractivity contribution < 1.29 is 9.84 Å². The first-order chi connectivity index (χ1) is 12.2. The second-order valence-corrected chi connectivity index (χ2v) is 5.93. The number of thioether (sulfide) groups is 1. The maximum Gasteiger partial charge on any atom is 0.143 e. The molecule has 1 aromatic heterocycles. The van der Waals surface area contributed by atoms with Crippen LogP contribution in [0.1, 0.15) is 11.1 Å². The number of hydrogen-bond acceptors (Lipinski definition) is 7. The number of nitrogens with zero attached hydrogens (tertiary/aromatic N) is 3. The number of nitrogens with two attached hydrogens (primary N) is 1. The zero-order valence-corrected chi connectivity index (χ0v) is 14.2. The molecule has 0 bridgehead atoms. The standard InChI is InChI=1S/C18H16N4O2S/c1-2-8-24-13-5-3-12(4-6-13)16-14(10-19)17(21)22-18(15(16)11-20)25-9-7-23/h2-6,23H,1,7-9H2,(H2,21,22). The van der Waals surface area contributed by atoms with Crippen LogP contribution in [0.4, 0.5) is 5.82 Å². The lowest BCUT2D eigenvalue weighted by atomic mass is 9.97. The molecule has 0 unspecified atom stereocenters. The SMILES string of the molecule is C=CCOc1ccc(-c2c(C#N)c(N)nc(SCCO)c2C#N)cc1. The predicted molar refractivity (Wildman–Crippen MR) is 97.0 cm³/mol. The molecule has 0 spiro atoms. The van der Waals surface area contributed by atoms with Gasteiger partial charge in [0.1, 0.15) is 40.9 Å². The molecule has 0 amide bonds. The van der Waals surface area contributed by atoms with Gasteiger partial charge < -0.3 is 15.6 Å². The highest BCUT2D eigenvalue weighted by Gasteiger charge is 2.20. The number of benzene rings is 1. The summed E-state index contributed by atoms with van der Waals surface area (Å²) in [6, 6.07) is 11.1. The monoisotopic (exact) mass is 352 g/mol. The lowest BCUT2D eigenvalue weighted by molar-refractivity contribution is 0.322. The number of ether oxygens (including phenoxy) is 1. The average Bonchev–Trinajstić information content (AvgIpc) is 2.64. The van der Waals surface area contributed by atoms with Crippen molar-refractivity contribution >= 4 is 17.6 Å². The summed E-state index contributed by atoms with van der Waals surface area (Å²) >= 11 is 1.22. The third-order valence-electron chi connectivity index (χ3n) is 3.26. The molecule has 0 aliphatic rings. The summed E-state index contributed by atoms with van der Waals surface area (Å²) in [6.45, 7) is 3.92. The van der Waals surface area contributed by atoms with E-state index >= 15 is 0 Å². The van der Waals surface area contributed by atoms with Crippen molar-refractivity contribution in [3.8, 4) is 29.0 Å². The van der Waals surface area contributed by atoms with E-state index in [1.54, 1.807) is 30.3 Å². The smallest absolute Gasteiger partial charge is 0.143 e. The van der Waals surface area contributed by atoms with Crippen molar-refractivity contribution in [2.75, 3.05) is 24.7 Å². The fourth-order valence-electron chi connectivity index (χ4n) is 2.21.